The quantitative estimate of drug-likeness (QED) is 0.801. The summed E-state index contributed by atoms with van der Waals surface area (Å²) in [4.78, 5) is 4.40. The van der Waals surface area contributed by atoms with Crippen LogP contribution in [-0.2, 0) is 20.7 Å². The molecule has 4 nitrogen and oxygen atoms in total. The van der Waals surface area contributed by atoms with Crippen molar-refractivity contribution in [2.24, 2.45) is 4.99 Å². The fourth-order valence-electron chi connectivity index (χ4n) is 2.37. The van der Waals surface area contributed by atoms with Gasteiger partial charge in [-0.1, -0.05) is 36.4 Å². The van der Waals surface area contributed by atoms with E-state index in [1.54, 1.807) is 31.2 Å². The molecule has 0 aromatic heterocycles. The molecular weight excluding hydrogens is 286 g/mol. The largest absolute Gasteiger partial charge is 0.358 e. The van der Waals surface area contributed by atoms with Crippen LogP contribution in [0.15, 0.2) is 58.4 Å². The average molecular weight is 301 g/mol. The van der Waals surface area contributed by atoms with Gasteiger partial charge in [0.25, 0.3) is 0 Å². The van der Waals surface area contributed by atoms with Gasteiger partial charge in [0.1, 0.15) is 4.90 Å². The summed E-state index contributed by atoms with van der Waals surface area (Å²) in [6.07, 6.45) is 0.799. The predicted molar refractivity (Wildman–Crippen MR) is 81.0 cm³/mol. The van der Waals surface area contributed by atoms with E-state index >= 15 is 0 Å². The summed E-state index contributed by atoms with van der Waals surface area (Å²) in [6, 6.07) is 14.3. The molecule has 3 rings (SSSR count). The van der Waals surface area contributed by atoms with Gasteiger partial charge in [0.05, 0.1) is 0 Å². The molecule has 0 saturated carbocycles. The third-order valence-electron chi connectivity index (χ3n) is 3.44. The van der Waals surface area contributed by atoms with Crippen molar-refractivity contribution in [1.82, 2.24) is 0 Å². The van der Waals surface area contributed by atoms with Crippen LogP contribution in [0.3, 0.4) is 0 Å². The third-order valence-corrected chi connectivity index (χ3v) is 4.81. The molecule has 2 aromatic rings. The summed E-state index contributed by atoms with van der Waals surface area (Å²) in [5.41, 5.74) is 2.46. The van der Waals surface area contributed by atoms with E-state index in [1.165, 1.54) is 0 Å². The number of fused-ring (bicyclic) bond motifs is 1. The molecule has 1 aliphatic heterocycles. The molecule has 0 atom stereocenters. The fourth-order valence-corrected chi connectivity index (χ4v) is 3.51. The van der Waals surface area contributed by atoms with E-state index < -0.39 is 10.1 Å². The molecule has 1 heterocycles. The number of nitrogens with zero attached hydrogens (tertiary/aromatic N) is 1. The Morgan fingerprint density at radius 3 is 2.57 bits per heavy atom. The molecule has 0 aliphatic carbocycles. The van der Waals surface area contributed by atoms with Gasteiger partial charge in [0, 0.05) is 12.1 Å². The number of hydrogen-bond donors (Lipinski definition) is 0. The van der Waals surface area contributed by atoms with Gasteiger partial charge in [-0.05, 0) is 36.6 Å². The van der Waals surface area contributed by atoms with Gasteiger partial charge < -0.3 is 4.18 Å². The Hall–Kier alpha value is -2.14. The zero-order chi connectivity index (χ0) is 14.9. The first-order valence-electron chi connectivity index (χ1n) is 6.71. The van der Waals surface area contributed by atoms with E-state index in [2.05, 4.69) is 4.99 Å². The van der Waals surface area contributed by atoms with E-state index in [0.29, 0.717) is 12.1 Å². The van der Waals surface area contributed by atoms with Gasteiger partial charge in [-0.25, -0.2) is 4.99 Å². The monoisotopic (exact) mass is 301 g/mol. The van der Waals surface area contributed by atoms with Gasteiger partial charge in [-0.3, -0.25) is 0 Å². The molecule has 21 heavy (non-hydrogen) atoms. The SMILES string of the molecule is Cc1ccccc1S(=O)(=O)OC1=NCCc2ccccc21. The first-order valence-corrected chi connectivity index (χ1v) is 8.11. The molecule has 2 aromatic carbocycles. The zero-order valence-electron chi connectivity index (χ0n) is 11.6. The first-order chi connectivity index (χ1) is 10.1. The van der Waals surface area contributed by atoms with Crippen LogP contribution in [0.25, 0.3) is 0 Å². The van der Waals surface area contributed by atoms with Crippen LogP contribution in [0.5, 0.6) is 0 Å². The van der Waals surface area contributed by atoms with Gasteiger partial charge in [-0.2, -0.15) is 8.42 Å². The highest BCUT2D eigenvalue weighted by atomic mass is 32.2. The Bertz CT molecular complexity index is 810. The molecule has 0 N–H and O–H groups in total. The second-order valence-electron chi connectivity index (χ2n) is 4.90. The molecular formula is C16H15NO3S. The molecule has 0 amide bonds. The maximum absolute atomic E-state index is 12.4. The van der Waals surface area contributed by atoms with Gasteiger partial charge in [0.15, 0.2) is 0 Å². The van der Waals surface area contributed by atoms with E-state index in [1.807, 2.05) is 24.3 Å². The lowest BCUT2D eigenvalue weighted by Crippen LogP contribution is -2.20. The number of hydrogen-bond acceptors (Lipinski definition) is 4. The van der Waals surface area contributed by atoms with E-state index in [9.17, 15) is 8.42 Å². The summed E-state index contributed by atoms with van der Waals surface area (Å²) in [6.45, 7) is 2.28. The fraction of sp³-hybridized carbons (Fsp3) is 0.188. The maximum atomic E-state index is 12.4. The Morgan fingerprint density at radius 1 is 1.05 bits per heavy atom. The third kappa shape index (κ3) is 2.69. The van der Waals surface area contributed by atoms with Crippen molar-refractivity contribution in [2.45, 2.75) is 18.2 Å². The Balaban J connectivity index is 1.97. The topological polar surface area (TPSA) is 55.7 Å². The van der Waals surface area contributed by atoms with Crippen LogP contribution in [0.4, 0.5) is 0 Å². The second kappa shape index (κ2) is 5.33. The lowest BCUT2D eigenvalue weighted by molar-refractivity contribution is 0.479. The second-order valence-corrected chi connectivity index (χ2v) is 6.41. The number of benzene rings is 2. The molecule has 1 aliphatic rings. The molecule has 108 valence electrons. The van der Waals surface area contributed by atoms with Crippen LogP contribution in [-0.4, -0.2) is 20.9 Å². The minimum Gasteiger partial charge on any atom is -0.358 e. The van der Waals surface area contributed by atoms with Crippen LogP contribution >= 0.6 is 0 Å². The summed E-state index contributed by atoms with van der Waals surface area (Å²) < 4.78 is 30.2. The lowest BCUT2D eigenvalue weighted by Gasteiger charge is -2.17. The standard InChI is InChI=1S/C16H15NO3S/c1-12-6-2-5-9-15(12)21(18,19)20-16-14-8-4-3-7-13(14)10-11-17-16/h2-9H,10-11H2,1H3. The molecule has 0 unspecified atom stereocenters. The molecule has 0 saturated heterocycles. The number of aliphatic imine (C=N–C) groups is 1. The Morgan fingerprint density at radius 2 is 1.76 bits per heavy atom. The van der Waals surface area contributed by atoms with E-state index in [0.717, 1.165) is 17.5 Å². The summed E-state index contributed by atoms with van der Waals surface area (Å²) in [7, 11) is -3.86. The van der Waals surface area contributed by atoms with Crippen molar-refractivity contribution in [2.75, 3.05) is 6.54 Å². The van der Waals surface area contributed by atoms with Gasteiger partial charge >= 0.3 is 10.1 Å². The first kappa shape index (κ1) is 13.8. The Kier molecular flexibility index (Phi) is 3.51. The van der Waals surface area contributed by atoms with Crippen molar-refractivity contribution in [3.05, 3.63) is 65.2 Å². The van der Waals surface area contributed by atoms with Crippen molar-refractivity contribution in [3.8, 4) is 0 Å². The number of aryl methyl sites for hydroxylation is 1. The maximum Gasteiger partial charge on any atom is 0.340 e. The smallest absolute Gasteiger partial charge is 0.340 e. The normalized spacial score (nSPS) is 14.2. The van der Waals surface area contributed by atoms with Crippen molar-refractivity contribution in [1.29, 1.82) is 0 Å². The summed E-state index contributed by atoms with van der Waals surface area (Å²) >= 11 is 0. The Labute approximate surface area is 124 Å². The van der Waals surface area contributed by atoms with E-state index in [4.69, 9.17) is 4.18 Å². The summed E-state index contributed by atoms with van der Waals surface area (Å²) in [5, 5.41) is 0. The van der Waals surface area contributed by atoms with Crippen molar-refractivity contribution < 1.29 is 12.6 Å². The molecule has 0 bridgehead atoms. The van der Waals surface area contributed by atoms with E-state index in [-0.39, 0.29) is 10.8 Å². The highest BCUT2D eigenvalue weighted by molar-refractivity contribution is 7.87. The molecule has 0 radical (unpaired) electrons. The number of rotatable bonds is 2. The van der Waals surface area contributed by atoms with Crippen molar-refractivity contribution in [3.63, 3.8) is 0 Å². The molecule has 0 fully saturated rings. The summed E-state index contributed by atoms with van der Waals surface area (Å²) in [5.74, 6) is 0.181. The van der Waals surface area contributed by atoms with Crippen molar-refractivity contribution >= 4 is 16.0 Å². The molecule has 5 heteroatoms. The van der Waals surface area contributed by atoms with Gasteiger partial charge in [0.2, 0.25) is 5.90 Å². The van der Waals surface area contributed by atoms with Crippen LogP contribution in [0.1, 0.15) is 16.7 Å². The lowest BCUT2D eigenvalue weighted by atomic mass is 10.0. The minimum atomic E-state index is -3.86. The average Bonchev–Trinajstić information content (AvgIpc) is 2.47. The highest BCUT2D eigenvalue weighted by Gasteiger charge is 2.24. The highest BCUT2D eigenvalue weighted by Crippen LogP contribution is 2.22. The minimum absolute atomic E-state index is 0.177. The van der Waals surface area contributed by atoms with Crippen LogP contribution in [0.2, 0.25) is 0 Å². The van der Waals surface area contributed by atoms with Crippen LogP contribution in [0, 0.1) is 6.92 Å². The predicted octanol–water partition coefficient (Wildman–Crippen LogP) is 2.70. The zero-order valence-corrected chi connectivity index (χ0v) is 12.4. The molecule has 0 spiro atoms. The van der Waals surface area contributed by atoms with Gasteiger partial charge in [-0.15, -0.1) is 0 Å². The van der Waals surface area contributed by atoms with Crippen LogP contribution < -0.4 is 0 Å².